The molecule has 6 nitrogen and oxygen atoms in total. The van der Waals surface area contributed by atoms with Gasteiger partial charge in [0.1, 0.15) is 12.7 Å². The summed E-state index contributed by atoms with van der Waals surface area (Å²) in [5.41, 5.74) is 0. The Balaban J connectivity index is 3.76. The summed E-state index contributed by atoms with van der Waals surface area (Å²) in [7, 11) is 0. The Bertz CT molecular complexity index is 577. The molecule has 0 rings (SSSR count). The van der Waals surface area contributed by atoms with Crippen molar-refractivity contribution in [2.45, 2.75) is 76.6 Å². The third-order valence-electron chi connectivity index (χ3n) is 4.22. The number of carbonyl (C=O) groups is 1. The molecule has 0 heterocycles. The van der Waals surface area contributed by atoms with Crippen LogP contribution in [0.25, 0.3) is 0 Å². The van der Waals surface area contributed by atoms with E-state index in [2.05, 4.69) is 6.92 Å². The second kappa shape index (κ2) is 21.2. The van der Waals surface area contributed by atoms with Crippen LogP contribution < -0.4 is 0 Å². The molecule has 6 heteroatoms. The molecule has 0 amide bonds. The number of ether oxygens (including phenoxy) is 1. The molecular weight excluding hydrogens is 396 g/mol. The molecular formula is C25H40O6. The summed E-state index contributed by atoms with van der Waals surface area (Å²) in [6.45, 7) is 1.47. The minimum atomic E-state index is -1.01. The van der Waals surface area contributed by atoms with E-state index in [0.717, 1.165) is 32.1 Å². The van der Waals surface area contributed by atoms with E-state index >= 15 is 0 Å². The van der Waals surface area contributed by atoms with Crippen molar-refractivity contribution >= 4 is 5.97 Å². The number of esters is 1. The molecule has 3 atom stereocenters. The quantitative estimate of drug-likeness (QED) is 0.113. The number of unbranched alkanes of at least 4 members (excludes halogenated alkanes) is 3. The summed E-state index contributed by atoms with van der Waals surface area (Å²) < 4.78 is 4.83. The molecule has 31 heavy (non-hydrogen) atoms. The molecule has 0 saturated carbocycles. The van der Waals surface area contributed by atoms with Crippen LogP contribution in [-0.2, 0) is 9.53 Å². The Morgan fingerprint density at radius 1 is 0.839 bits per heavy atom. The number of aliphatic hydroxyl groups is 4. The van der Waals surface area contributed by atoms with E-state index in [1.165, 1.54) is 0 Å². The smallest absolute Gasteiger partial charge is 0.305 e. The second-order valence-electron chi connectivity index (χ2n) is 7.23. The average molecular weight is 437 g/mol. The predicted octanol–water partition coefficient (Wildman–Crippen LogP) is 3.53. The van der Waals surface area contributed by atoms with Gasteiger partial charge >= 0.3 is 5.97 Å². The second-order valence-corrected chi connectivity index (χ2v) is 7.23. The molecule has 176 valence electrons. The number of carbonyl (C=O) groups excluding carboxylic acids is 1. The summed E-state index contributed by atoms with van der Waals surface area (Å²) >= 11 is 0. The molecule has 4 N–H and O–H groups in total. The zero-order valence-electron chi connectivity index (χ0n) is 18.7. The van der Waals surface area contributed by atoms with Gasteiger partial charge in [0, 0.05) is 6.42 Å². The maximum absolute atomic E-state index is 11.4. The molecule has 0 aromatic carbocycles. The van der Waals surface area contributed by atoms with Gasteiger partial charge in [-0.05, 0) is 38.5 Å². The molecule has 0 aliphatic heterocycles. The first-order chi connectivity index (χ1) is 15.0. The van der Waals surface area contributed by atoms with Crippen LogP contribution >= 0.6 is 0 Å². The van der Waals surface area contributed by atoms with Crippen LogP contribution in [0.1, 0.15) is 58.3 Å². The lowest BCUT2D eigenvalue weighted by Gasteiger charge is -2.08. The van der Waals surface area contributed by atoms with Gasteiger partial charge in [0.25, 0.3) is 0 Å². The predicted molar refractivity (Wildman–Crippen MR) is 124 cm³/mol. The number of rotatable bonds is 18. The van der Waals surface area contributed by atoms with E-state index in [-0.39, 0.29) is 12.6 Å². The van der Waals surface area contributed by atoms with Crippen molar-refractivity contribution < 1.29 is 30.0 Å². The Hall–Kier alpha value is -1.99. The summed E-state index contributed by atoms with van der Waals surface area (Å²) in [6, 6.07) is 0. The Morgan fingerprint density at radius 3 is 2.13 bits per heavy atom. The highest BCUT2D eigenvalue weighted by molar-refractivity contribution is 5.69. The third-order valence-corrected chi connectivity index (χ3v) is 4.22. The molecule has 0 aliphatic carbocycles. The fourth-order valence-electron chi connectivity index (χ4n) is 2.44. The Kier molecular flexibility index (Phi) is 19.9. The molecule has 0 fully saturated rings. The number of allylic oxidation sites excluding steroid dienone is 6. The van der Waals surface area contributed by atoms with Crippen molar-refractivity contribution in [1.29, 1.82) is 0 Å². The maximum atomic E-state index is 11.4. The summed E-state index contributed by atoms with van der Waals surface area (Å²) in [5.74, 6) is -0.357. The van der Waals surface area contributed by atoms with Gasteiger partial charge in [0.05, 0.1) is 18.8 Å². The van der Waals surface area contributed by atoms with Crippen LogP contribution in [0.5, 0.6) is 0 Å². The van der Waals surface area contributed by atoms with E-state index in [1.807, 2.05) is 42.5 Å². The Morgan fingerprint density at radius 2 is 1.48 bits per heavy atom. The van der Waals surface area contributed by atoms with Gasteiger partial charge in [0.15, 0.2) is 0 Å². The lowest BCUT2D eigenvalue weighted by Crippen LogP contribution is -2.21. The van der Waals surface area contributed by atoms with Crippen molar-refractivity contribution in [3.05, 3.63) is 60.8 Å². The van der Waals surface area contributed by atoms with Gasteiger partial charge in [-0.25, -0.2) is 0 Å². The van der Waals surface area contributed by atoms with Crippen LogP contribution in [0, 0.1) is 0 Å². The van der Waals surface area contributed by atoms with Crippen LogP contribution in [0.3, 0.4) is 0 Å². The maximum Gasteiger partial charge on any atom is 0.305 e. The number of hydrogen-bond acceptors (Lipinski definition) is 6. The van der Waals surface area contributed by atoms with E-state index in [0.29, 0.717) is 19.3 Å². The van der Waals surface area contributed by atoms with Crippen LogP contribution in [0.2, 0.25) is 0 Å². The highest BCUT2D eigenvalue weighted by Crippen LogP contribution is 2.05. The Labute approximate surface area is 187 Å². The van der Waals surface area contributed by atoms with Gasteiger partial charge in [0.2, 0.25) is 0 Å². The van der Waals surface area contributed by atoms with E-state index < -0.39 is 24.9 Å². The zero-order valence-corrected chi connectivity index (χ0v) is 18.7. The summed E-state index contributed by atoms with van der Waals surface area (Å²) in [4.78, 5) is 11.4. The third kappa shape index (κ3) is 21.0. The van der Waals surface area contributed by atoms with Gasteiger partial charge in [-0.2, -0.15) is 0 Å². The first-order valence-electron chi connectivity index (χ1n) is 11.1. The SMILES string of the molecule is CC/C=C\CC(O)/C=C/C=C\CC(O)/C=C/C=C\CCCCCC(=O)OCC(O)CO. The molecule has 0 aliphatic rings. The number of aliphatic hydroxyl groups excluding tert-OH is 4. The van der Waals surface area contributed by atoms with Crippen molar-refractivity contribution in [2.75, 3.05) is 13.2 Å². The van der Waals surface area contributed by atoms with Gasteiger partial charge in [-0.3, -0.25) is 4.79 Å². The number of hydrogen-bond donors (Lipinski definition) is 4. The molecule has 0 bridgehead atoms. The first kappa shape index (κ1) is 29.0. The first-order valence-corrected chi connectivity index (χ1v) is 11.1. The summed E-state index contributed by atoms with van der Waals surface area (Å²) in [5, 5.41) is 37.3. The molecule has 0 aromatic heterocycles. The van der Waals surface area contributed by atoms with E-state index in [4.69, 9.17) is 14.9 Å². The normalized spacial score (nSPS) is 15.6. The van der Waals surface area contributed by atoms with Crippen LogP contribution in [0.15, 0.2) is 60.8 Å². The highest BCUT2D eigenvalue weighted by Gasteiger charge is 2.07. The highest BCUT2D eigenvalue weighted by atomic mass is 16.5. The lowest BCUT2D eigenvalue weighted by atomic mass is 10.1. The zero-order chi connectivity index (χ0) is 23.2. The lowest BCUT2D eigenvalue weighted by molar-refractivity contribution is -0.147. The minimum Gasteiger partial charge on any atom is -0.463 e. The van der Waals surface area contributed by atoms with Crippen LogP contribution in [0.4, 0.5) is 0 Å². The summed E-state index contributed by atoms with van der Waals surface area (Å²) in [6.07, 6.45) is 22.5. The van der Waals surface area contributed by atoms with Gasteiger partial charge in [-0.15, -0.1) is 0 Å². The van der Waals surface area contributed by atoms with Gasteiger partial charge < -0.3 is 25.2 Å². The molecule has 0 saturated heterocycles. The van der Waals surface area contributed by atoms with Crippen molar-refractivity contribution in [2.24, 2.45) is 0 Å². The van der Waals surface area contributed by atoms with Crippen LogP contribution in [-0.4, -0.2) is 57.9 Å². The van der Waals surface area contributed by atoms with Crippen molar-refractivity contribution in [3.63, 3.8) is 0 Å². The monoisotopic (exact) mass is 436 g/mol. The van der Waals surface area contributed by atoms with Crippen molar-refractivity contribution in [1.82, 2.24) is 0 Å². The minimum absolute atomic E-state index is 0.164. The fraction of sp³-hybridized carbons (Fsp3) is 0.560. The van der Waals surface area contributed by atoms with E-state index in [9.17, 15) is 15.0 Å². The molecule has 3 unspecified atom stereocenters. The fourth-order valence-corrected chi connectivity index (χ4v) is 2.44. The van der Waals surface area contributed by atoms with E-state index in [1.54, 1.807) is 18.2 Å². The average Bonchev–Trinajstić information content (AvgIpc) is 2.76. The standard InChI is InChI=1S/C25H40O6/c1-2-3-10-15-22(27)17-12-9-13-18-23(28)16-11-7-5-4-6-8-14-19-25(30)31-21-24(29)20-26/h3,5,7,9-13,16-17,22-24,26-29H,2,4,6,8,14-15,18-21H2,1H3/b7-5-,10-3-,13-9-,16-11+,17-12+. The molecule has 0 aromatic rings. The van der Waals surface area contributed by atoms with Crippen molar-refractivity contribution in [3.8, 4) is 0 Å². The van der Waals surface area contributed by atoms with Gasteiger partial charge in [-0.1, -0.05) is 74.1 Å². The topological polar surface area (TPSA) is 107 Å². The molecule has 0 radical (unpaired) electrons. The largest absolute Gasteiger partial charge is 0.463 e. The molecule has 0 spiro atoms.